The summed E-state index contributed by atoms with van der Waals surface area (Å²) in [6.45, 7) is 6.61. The van der Waals surface area contributed by atoms with Gasteiger partial charge < -0.3 is 4.74 Å². The maximum Gasteiger partial charge on any atom is 0.269 e. The number of hydrogen-bond donors (Lipinski definition) is 0. The Labute approximate surface area is 218 Å². The maximum atomic E-state index is 13.2. The minimum absolute atomic E-state index is 0. The van der Waals surface area contributed by atoms with Gasteiger partial charge in [0, 0.05) is 49.4 Å². The molecule has 1 saturated heterocycles. The van der Waals surface area contributed by atoms with Gasteiger partial charge in [0.25, 0.3) is 11.6 Å². The van der Waals surface area contributed by atoms with Gasteiger partial charge in [0.1, 0.15) is 0 Å². The van der Waals surface area contributed by atoms with Crippen molar-refractivity contribution in [2.75, 3.05) is 44.3 Å². The van der Waals surface area contributed by atoms with Gasteiger partial charge in [0.05, 0.1) is 28.4 Å². The Hall–Kier alpha value is -2.56. The molecule has 1 fully saturated rings. The van der Waals surface area contributed by atoms with Crippen LogP contribution in [0.4, 0.5) is 10.8 Å². The van der Waals surface area contributed by atoms with Crippen molar-refractivity contribution in [1.82, 2.24) is 9.88 Å². The molecule has 0 spiro atoms. The third kappa shape index (κ3) is 6.99. The van der Waals surface area contributed by atoms with Crippen LogP contribution in [0.15, 0.2) is 42.5 Å². The first-order valence-corrected chi connectivity index (χ1v) is 12.2. The normalized spacial score (nSPS) is 14.2. The Morgan fingerprint density at radius 3 is 2.69 bits per heavy atom. The molecule has 4 rings (SSSR count). The molecule has 11 heteroatoms. The lowest BCUT2D eigenvalue weighted by atomic mass is 10.2. The van der Waals surface area contributed by atoms with Crippen molar-refractivity contribution in [3.8, 4) is 0 Å². The number of aryl methyl sites for hydroxylation is 1. The predicted octanol–water partition coefficient (Wildman–Crippen LogP) is 5.36. The average Bonchev–Trinajstić information content (AvgIpc) is 3.25. The van der Waals surface area contributed by atoms with Crippen molar-refractivity contribution in [2.45, 2.75) is 13.3 Å². The minimum atomic E-state index is -0.448. The lowest BCUT2D eigenvalue weighted by Crippen LogP contribution is -2.39. The van der Waals surface area contributed by atoms with Crippen molar-refractivity contribution >= 4 is 68.4 Å². The molecule has 1 aliphatic heterocycles. The van der Waals surface area contributed by atoms with Crippen molar-refractivity contribution < 1.29 is 14.5 Å². The summed E-state index contributed by atoms with van der Waals surface area (Å²) in [5.41, 5.74) is 2.53. The molecule has 35 heavy (non-hydrogen) atoms. The number of benzene rings is 2. The quantitative estimate of drug-likeness (QED) is 0.219. The van der Waals surface area contributed by atoms with Gasteiger partial charge in [-0.15, -0.1) is 12.4 Å². The number of aromatic nitrogens is 1. The summed E-state index contributed by atoms with van der Waals surface area (Å²) in [6, 6.07) is 9.82. The van der Waals surface area contributed by atoms with E-state index in [1.54, 1.807) is 23.1 Å². The van der Waals surface area contributed by atoms with Crippen molar-refractivity contribution in [3.63, 3.8) is 0 Å². The van der Waals surface area contributed by atoms with Gasteiger partial charge in [-0.1, -0.05) is 22.9 Å². The average molecular weight is 537 g/mol. The van der Waals surface area contributed by atoms with E-state index in [4.69, 9.17) is 21.3 Å². The molecular formula is C24H26Cl2N4O4S. The van der Waals surface area contributed by atoms with Crippen LogP contribution in [0.1, 0.15) is 17.5 Å². The lowest BCUT2D eigenvalue weighted by Gasteiger charge is -2.27. The van der Waals surface area contributed by atoms with E-state index in [0.29, 0.717) is 22.3 Å². The first kappa shape index (κ1) is 27.0. The predicted molar refractivity (Wildman–Crippen MR) is 143 cm³/mol. The molecule has 0 bridgehead atoms. The lowest BCUT2D eigenvalue weighted by molar-refractivity contribution is -0.384. The summed E-state index contributed by atoms with van der Waals surface area (Å²) in [6.07, 6.45) is 3.95. The summed E-state index contributed by atoms with van der Waals surface area (Å²) in [5.74, 6) is -0.192. The molecule has 0 N–H and O–H groups in total. The molecule has 0 atom stereocenters. The summed E-state index contributed by atoms with van der Waals surface area (Å²) in [5, 5.41) is 12.1. The van der Waals surface area contributed by atoms with Crippen LogP contribution in [0.2, 0.25) is 5.02 Å². The van der Waals surface area contributed by atoms with E-state index in [-0.39, 0.29) is 24.0 Å². The van der Waals surface area contributed by atoms with Gasteiger partial charge in [-0.2, -0.15) is 0 Å². The highest BCUT2D eigenvalue weighted by atomic mass is 35.5. The van der Waals surface area contributed by atoms with Gasteiger partial charge in [-0.25, -0.2) is 4.98 Å². The van der Waals surface area contributed by atoms with Crippen LogP contribution in [0.25, 0.3) is 16.3 Å². The number of hydrogen-bond acceptors (Lipinski definition) is 7. The number of rotatable bonds is 8. The molecule has 1 aromatic heterocycles. The number of halogens is 2. The second-order valence-electron chi connectivity index (χ2n) is 8.05. The number of carbonyl (C=O) groups excluding carboxylic acids is 1. The van der Waals surface area contributed by atoms with Gasteiger partial charge >= 0.3 is 0 Å². The molecule has 2 aromatic carbocycles. The molecule has 186 valence electrons. The SMILES string of the molecule is Cc1cc(Cl)cc2sc(N(CCCN3CCOCC3)C(=O)C=Cc3ccc([N+](=O)[O-])cc3)nc12.Cl. The maximum absolute atomic E-state index is 13.2. The van der Waals surface area contributed by atoms with Crippen LogP contribution < -0.4 is 4.90 Å². The standard InChI is InChI=1S/C24H25ClN4O4S.ClH/c1-17-15-19(25)16-21-23(17)26-24(34-21)28(10-2-9-27-11-13-33-14-12-27)22(30)8-5-18-3-6-20(7-4-18)29(31)32;/h3-8,15-16H,2,9-14H2,1H3;1H. The number of non-ortho nitro benzene ring substituents is 1. The van der Waals surface area contributed by atoms with Gasteiger partial charge in [-0.3, -0.25) is 24.7 Å². The van der Waals surface area contributed by atoms with Crippen LogP contribution in [-0.4, -0.2) is 60.1 Å². The highest BCUT2D eigenvalue weighted by molar-refractivity contribution is 7.22. The number of thiazole rings is 1. The molecule has 2 heterocycles. The van der Waals surface area contributed by atoms with Crippen LogP contribution in [0.5, 0.6) is 0 Å². The highest BCUT2D eigenvalue weighted by Gasteiger charge is 2.20. The van der Waals surface area contributed by atoms with Crippen molar-refractivity contribution in [2.24, 2.45) is 0 Å². The first-order valence-electron chi connectivity index (χ1n) is 11.0. The Balaban J connectivity index is 0.00000342. The fraction of sp³-hybridized carbons (Fsp3) is 0.333. The molecule has 0 aliphatic carbocycles. The first-order chi connectivity index (χ1) is 16.4. The fourth-order valence-corrected chi connectivity index (χ4v) is 5.25. The monoisotopic (exact) mass is 536 g/mol. The summed E-state index contributed by atoms with van der Waals surface area (Å²) in [7, 11) is 0. The number of anilines is 1. The second kappa shape index (κ2) is 12.4. The molecular weight excluding hydrogens is 511 g/mol. The number of carbonyl (C=O) groups is 1. The summed E-state index contributed by atoms with van der Waals surface area (Å²) >= 11 is 7.66. The Morgan fingerprint density at radius 2 is 2.00 bits per heavy atom. The van der Waals surface area contributed by atoms with E-state index in [9.17, 15) is 14.9 Å². The number of nitrogens with zero attached hydrogens (tertiary/aromatic N) is 4. The van der Waals surface area contributed by atoms with E-state index in [1.165, 1.54) is 29.5 Å². The number of fused-ring (bicyclic) bond motifs is 1. The van der Waals surface area contributed by atoms with Crippen LogP contribution in [0.3, 0.4) is 0 Å². The van der Waals surface area contributed by atoms with E-state index >= 15 is 0 Å². The highest BCUT2D eigenvalue weighted by Crippen LogP contribution is 2.33. The number of nitro benzene ring substituents is 1. The number of ether oxygens (including phenoxy) is 1. The van der Waals surface area contributed by atoms with E-state index in [0.717, 1.165) is 55.0 Å². The zero-order valence-corrected chi connectivity index (χ0v) is 21.6. The third-order valence-corrected chi connectivity index (χ3v) is 6.86. The van der Waals surface area contributed by atoms with Crippen LogP contribution in [0, 0.1) is 17.0 Å². The Kier molecular flexibility index (Phi) is 9.59. The van der Waals surface area contributed by atoms with Gasteiger partial charge in [-0.05, 0) is 54.8 Å². The minimum Gasteiger partial charge on any atom is -0.379 e. The molecule has 1 aliphatic rings. The molecule has 3 aromatic rings. The number of nitro groups is 1. The van der Waals surface area contributed by atoms with Crippen LogP contribution >= 0.6 is 35.3 Å². The zero-order chi connectivity index (χ0) is 24.1. The molecule has 0 unspecified atom stereocenters. The number of morpholine rings is 1. The van der Waals surface area contributed by atoms with E-state index in [2.05, 4.69) is 4.90 Å². The largest absolute Gasteiger partial charge is 0.379 e. The van der Waals surface area contributed by atoms with Crippen molar-refractivity contribution in [1.29, 1.82) is 0 Å². The molecule has 1 amide bonds. The summed E-state index contributed by atoms with van der Waals surface area (Å²) < 4.78 is 6.35. The summed E-state index contributed by atoms with van der Waals surface area (Å²) in [4.78, 5) is 32.4. The van der Waals surface area contributed by atoms with Crippen LogP contribution in [-0.2, 0) is 9.53 Å². The molecule has 0 radical (unpaired) electrons. The molecule has 8 nitrogen and oxygen atoms in total. The second-order valence-corrected chi connectivity index (χ2v) is 9.49. The topological polar surface area (TPSA) is 88.8 Å². The Bertz CT molecular complexity index is 1210. The smallest absolute Gasteiger partial charge is 0.269 e. The van der Waals surface area contributed by atoms with Crippen molar-refractivity contribution in [3.05, 3.63) is 68.7 Å². The number of amides is 1. The molecule has 0 saturated carbocycles. The third-order valence-electron chi connectivity index (χ3n) is 5.62. The van der Waals surface area contributed by atoms with E-state index in [1.807, 2.05) is 19.1 Å². The zero-order valence-electron chi connectivity index (χ0n) is 19.2. The van der Waals surface area contributed by atoms with Gasteiger partial charge in [0.15, 0.2) is 5.13 Å². The van der Waals surface area contributed by atoms with Gasteiger partial charge in [0.2, 0.25) is 0 Å². The Morgan fingerprint density at radius 1 is 1.29 bits per heavy atom. The van der Waals surface area contributed by atoms with E-state index < -0.39 is 4.92 Å². The fourth-order valence-electron chi connectivity index (χ4n) is 3.80.